The predicted octanol–water partition coefficient (Wildman–Crippen LogP) is 2.86. The van der Waals surface area contributed by atoms with Gasteiger partial charge in [0.1, 0.15) is 5.75 Å². The van der Waals surface area contributed by atoms with E-state index < -0.39 is 0 Å². The summed E-state index contributed by atoms with van der Waals surface area (Å²) in [5.74, 6) is 1.42. The molecule has 0 amide bonds. The minimum atomic E-state index is 0.478. The Labute approximate surface area is 107 Å². The van der Waals surface area contributed by atoms with Crippen LogP contribution in [0.5, 0.6) is 5.75 Å². The number of fused-ring (bicyclic) bond motifs is 3. The van der Waals surface area contributed by atoms with E-state index >= 15 is 0 Å². The summed E-state index contributed by atoms with van der Waals surface area (Å²) in [6.45, 7) is 2.84. The molecule has 3 heteroatoms. The van der Waals surface area contributed by atoms with Crippen molar-refractivity contribution in [2.24, 2.45) is 5.73 Å². The molecule has 0 radical (unpaired) electrons. The first-order valence-corrected chi connectivity index (χ1v) is 6.63. The Morgan fingerprint density at radius 3 is 3.00 bits per heavy atom. The van der Waals surface area contributed by atoms with E-state index in [0.29, 0.717) is 5.92 Å². The maximum absolute atomic E-state index is 5.89. The molecular weight excluding hydrogens is 224 g/mol. The highest BCUT2D eigenvalue weighted by Crippen LogP contribution is 2.38. The molecule has 1 aromatic carbocycles. The van der Waals surface area contributed by atoms with Crippen LogP contribution in [-0.4, -0.2) is 18.6 Å². The van der Waals surface area contributed by atoms with Crippen molar-refractivity contribution in [1.82, 2.24) is 4.98 Å². The van der Waals surface area contributed by atoms with Crippen molar-refractivity contribution in [2.75, 3.05) is 13.7 Å². The molecular formula is C15H20N2O. The first kappa shape index (κ1) is 11.6. The van der Waals surface area contributed by atoms with E-state index in [2.05, 4.69) is 24.0 Å². The number of ether oxygens (including phenoxy) is 1. The Kier molecular flexibility index (Phi) is 2.78. The third-order valence-corrected chi connectivity index (χ3v) is 4.05. The smallest absolute Gasteiger partial charge is 0.143 e. The lowest BCUT2D eigenvalue weighted by Crippen LogP contribution is -2.17. The molecule has 1 aliphatic rings. The summed E-state index contributed by atoms with van der Waals surface area (Å²) in [5.41, 5.74) is 11.1. The lowest BCUT2D eigenvalue weighted by molar-refractivity contribution is 0.418. The summed E-state index contributed by atoms with van der Waals surface area (Å²) >= 11 is 0. The van der Waals surface area contributed by atoms with Gasteiger partial charge >= 0.3 is 0 Å². The molecule has 0 saturated carbocycles. The van der Waals surface area contributed by atoms with E-state index in [-0.39, 0.29) is 0 Å². The van der Waals surface area contributed by atoms with Crippen LogP contribution in [-0.2, 0) is 6.42 Å². The van der Waals surface area contributed by atoms with Crippen LogP contribution in [0.2, 0.25) is 0 Å². The molecule has 1 unspecified atom stereocenters. The molecule has 0 spiro atoms. The van der Waals surface area contributed by atoms with Crippen LogP contribution in [0.4, 0.5) is 0 Å². The van der Waals surface area contributed by atoms with Gasteiger partial charge in [0, 0.05) is 23.5 Å². The van der Waals surface area contributed by atoms with Gasteiger partial charge in [0.15, 0.2) is 0 Å². The Morgan fingerprint density at radius 1 is 1.44 bits per heavy atom. The highest BCUT2D eigenvalue weighted by Gasteiger charge is 2.24. The summed E-state index contributed by atoms with van der Waals surface area (Å²) in [4.78, 5) is 3.56. The molecule has 1 heterocycles. The molecule has 0 saturated heterocycles. The monoisotopic (exact) mass is 244 g/mol. The molecule has 1 atom stereocenters. The maximum Gasteiger partial charge on any atom is 0.143 e. The number of aromatic amines is 1. The van der Waals surface area contributed by atoms with Gasteiger partial charge in [-0.15, -0.1) is 0 Å². The first-order valence-electron chi connectivity index (χ1n) is 6.63. The molecule has 0 bridgehead atoms. The largest absolute Gasteiger partial charge is 0.495 e. The van der Waals surface area contributed by atoms with E-state index in [0.717, 1.165) is 24.2 Å². The molecule has 0 aliphatic heterocycles. The Hall–Kier alpha value is -1.48. The van der Waals surface area contributed by atoms with Crippen molar-refractivity contribution in [1.29, 1.82) is 0 Å². The zero-order valence-electron chi connectivity index (χ0n) is 11.0. The number of nitrogens with two attached hydrogens (primary N) is 1. The number of aryl methyl sites for hydroxylation is 2. The van der Waals surface area contributed by atoms with Gasteiger partial charge in [-0.25, -0.2) is 0 Å². The molecule has 0 fully saturated rings. The summed E-state index contributed by atoms with van der Waals surface area (Å²) in [5, 5.41) is 1.32. The zero-order valence-corrected chi connectivity index (χ0v) is 11.0. The summed E-state index contributed by atoms with van der Waals surface area (Å²) in [6.07, 6.45) is 3.58. The average Bonchev–Trinajstić information content (AvgIpc) is 2.76. The average molecular weight is 244 g/mol. The van der Waals surface area contributed by atoms with E-state index in [1.807, 2.05) is 0 Å². The molecule has 3 N–H and O–H groups in total. The molecule has 1 aliphatic carbocycles. The first-order chi connectivity index (χ1) is 8.74. The van der Waals surface area contributed by atoms with E-state index in [1.165, 1.54) is 35.0 Å². The number of benzene rings is 1. The second kappa shape index (κ2) is 4.32. The fraction of sp³-hybridized carbons (Fsp3) is 0.467. The standard InChI is InChI=1S/C15H20N2O/c1-9-6-12-11-5-3-4-10(8-16)14(11)17-15(12)13(7-9)18-2/h6-7,10,17H,3-5,8,16H2,1-2H3. The van der Waals surface area contributed by atoms with Gasteiger partial charge in [0.05, 0.1) is 12.6 Å². The van der Waals surface area contributed by atoms with Crippen LogP contribution >= 0.6 is 0 Å². The van der Waals surface area contributed by atoms with Gasteiger partial charge in [-0.05, 0) is 49.4 Å². The molecule has 18 heavy (non-hydrogen) atoms. The quantitative estimate of drug-likeness (QED) is 0.853. The van der Waals surface area contributed by atoms with Crippen LogP contribution in [0.15, 0.2) is 12.1 Å². The topological polar surface area (TPSA) is 51.0 Å². The Balaban J connectivity index is 2.28. The van der Waals surface area contributed by atoms with Crippen molar-refractivity contribution >= 4 is 10.9 Å². The maximum atomic E-state index is 5.89. The minimum Gasteiger partial charge on any atom is -0.495 e. The number of rotatable bonds is 2. The summed E-state index contributed by atoms with van der Waals surface area (Å²) in [6, 6.07) is 4.34. The summed E-state index contributed by atoms with van der Waals surface area (Å²) < 4.78 is 5.49. The third-order valence-electron chi connectivity index (χ3n) is 4.05. The number of H-pyrrole nitrogens is 1. The van der Waals surface area contributed by atoms with E-state index in [9.17, 15) is 0 Å². The highest BCUT2D eigenvalue weighted by atomic mass is 16.5. The molecule has 1 aromatic heterocycles. The number of aromatic nitrogens is 1. The second-order valence-electron chi connectivity index (χ2n) is 5.23. The molecule has 96 valence electrons. The molecule has 3 nitrogen and oxygen atoms in total. The van der Waals surface area contributed by atoms with Gasteiger partial charge in [-0.1, -0.05) is 0 Å². The lowest BCUT2D eigenvalue weighted by Gasteiger charge is -2.20. The zero-order chi connectivity index (χ0) is 12.7. The van der Waals surface area contributed by atoms with Crippen molar-refractivity contribution in [3.05, 3.63) is 29.0 Å². The fourth-order valence-corrected chi connectivity index (χ4v) is 3.16. The molecule has 3 rings (SSSR count). The van der Waals surface area contributed by atoms with Crippen LogP contribution in [0.3, 0.4) is 0 Å². The van der Waals surface area contributed by atoms with Gasteiger partial charge < -0.3 is 15.5 Å². The van der Waals surface area contributed by atoms with Crippen LogP contribution < -0.4 is 10.5 Å². The SMILES string of the molecule is COc1cc(C)cc2c3c([nH]c12)C(CN)CCC3. The third kappa shape index (κ3) is 1.62. The number of hydrogen-bond donors (Lipinski definition) is 2. The van der Waals surface area contributed by atoms with E-state index in [1.54, 1.807) is 7.11 Å². The van der Waals surface area contributed by atoms with Gasteiger partial charge in [0.25, 0.3) is 0 Å². The fourth-order valence-electron chi connectivity index (χ4n) is 3.16. The summed E-state index contributed by atoms with van der Waals surface area (Å²) in [7, 11) is 1.73. The minimum absolute atomic E-state index is 0.478. The predicted molar refractivity (Wildman–Crippen MR) is 74.3 cm³/mol. The van der Waals surface area contributed by atoms with Crippen molar-refractivity contribution < 1.29 is 4.74 Å². The van der Waals surface area contributed by atoms with Gasteiger partial charge in [-0.2, -0.15) is 0 Å². The van der Waals surface area contributed by atoms with Gasteiger partial charge in [0.2, 0.25) is 0 Å². The Morgan fingerprint density at radius 2 is 2.28 bits per heavy atom. The van der Waals surface area contributed by atoms with Gasteiger partial charge in [-0.3, -0.25) is 0 Å². The second-order valence-corrected chi connectivity index (χ2v) is 5.23. The van der Waals surface area contributed by atoms with E-state index in [4.69, 9.17) is 10.5 Å². The van der Waals surface area contributed by atoms with Crippen molar-refractivity contribution in [3.63, 3.8) is 0 Å². The number of hydrogen-bond acceptors (Lipinski definition) is 2. The number of methoxy groups -OCH3 is 1. The highest BCUT2D eigenvalue weighted by molar-refractivity contribution is 5.90. The van der Waals surface area contributed by atoms with Crippen LogP contribution in [0.25, 0.3) is 10.9 Å². The van der Waals surface area contributed by atoms with Crippen LogP contribution in [0, 0.1) is 6.92 Å². The van der Waals surface area contributed by atoms with Crippen molar-refractivity contribution in [2.45, 2.75) is 32.1 Å². The number of nitrogens with one attached hydrogen (secondary N) is 1. The normalized spacial score (nSPS) is 18.9. The Bertz CT molecular complexity index is 586. The lowest BCUT2D eigenvalue weighted by atomic mass is 9.87. The molecule has 2 aromatic rings. The van der Waals surface area contributed by atoms with Crippen LogP contribution in [0.1, 0.15) is 35.6 Å². The van der Waals surface area contributed by atoms with Crippen molar-refractivity contribution in [3.8, 4) is 5.75 Å².